The van der Waals surface area contributed by atoms with Crippen molar-refractivity contribution in [1.29, 1.82) is 0 Å². The predicted octanol–water partition coefficient (Wildman–Crippen LogP) is 2.09. The van der Waals surface area contributed by atoms with Crippen molar-refractivity contribution in [2.75, 3.05) is 19.7 Å². The first kappa shape index (κ1) is 17.8. The van der Waals surface area contributed by atoms with Crippen molar-refractivity contribution in [2.45, 2.75) is 19.1 Å². The third-order valence-corrected chi connectivity index (χ3v) is 4.11. The van der Waals surface area contributed by atoms with Gasteiger partial charge in [0.15, 0.2) is 0 Å². The van der Waals surface area contributed by atoms with Gasteiger partial charge in [-0.15, -0.1) is 0 Å². The molecule has 1 saturated heterocycles. The minimum Gasteiger partial charge on any atom is -0.370 e. The van der Waals surface area contributed by atoms with Crippen LogP contribution >= 0.6 is 23.2 Å². The van der Waals surface area contributed by atoms with Crippen LogP contribution in [-0.4, -0.2) is 42.6 Å². The molecule has 1 aliphatic rings. The number of primary amides is 1. The first-order valence-electron chi connectivity index (χ1n) is 6.90. The monoisotopic (exact) mass is 363 g/mol. The molecule has 0 aromatic heterocycles. The molecule has 1 aliphatic heterocycles. The second kappa shape index (κ2) is 7.33. The molecule has 1 aromatic carbocycles. The van der Waals surface area contributed by atoms with Crippen LogP contribution in [0.15, 0.2) is 12.1 Å². The van der Waals surface area contributed by atoms with Gasteiger partial charge in [-0.25, -0.2) is 9.18 Å². The number of carbonyl (C=O) groups is 2. The Kier molecular flexibility index (Phi) is 5.67. The third-order valence-electron chi connectivity index (χ3n) is 3.49. The predicted molar refractivity (Wildman–Crippen MR) is 83.9 cm³/mol. The fourth-order valence-corrected chi connectivity index (χ4v) is 2.88. The normalized spacial score (nSPS) is 19.3. The molecular formula is C14H16Cl2FN3O3. The SMILES string of the molecule is C[C@H](NC(N)=O)C(=O)N1CCO[C@H](c2cc(F)c(Cl)cc2Cl)C1. The van der Waals surface area contributed by atoms with Crippen LogP contribution in [0.3, 0.4) is 0 Å². The van der Waals surface area contributed by atoms with Crippen molar-refractivity contribution in [1.82, 2.24) is 10.2 Å². The van der Waals surface area contributed by atoms with E-state index in [-0.39, 0.29) is 29.1 Å². The van der Waals surface area contributed by atoms with Crippen LogP contribution in [0.5, 0.6) is 0 Å². The number of hydrogen-bond donors (Lipinski definition) is 2. The lowest BCUT2D eigenvalue weighted by atomic mass is 10.1. The fraction of sp³-hybridized carbons (Fsp3) is 0.429. The highest BCUT2D eigenvalue weighted by molar-refractivity contribution is 6.35. The Bertz CT molecular complexity index is 630. The maximum atomic E-state index is 13.7. The molecule has 0 saturated carbocycles. The maximum absolute atomic E-state index is 13.7. The first-order valence-corrected chi connectivity index (χ1v) is 7.66. The van der Waals surface area contributed by atoms with Gasteiger partial charge < -0.3 is 20.7 Å². The van der Waals surface area contributed by atoms with E-state index in [9.17, 15) is 14.0 Å². The molecule has 126 valence electrons. The number of nitrogens with zero attached hydrogens (tertiary/aromatic N) is 1. The van der Waals surface area contributed by atoms with E-state index >= 15 is 0 Å². The topological polar surface area (TPSA) is 84.7 Å². The molecular weight excluding hydrogens is 348 g/mol. The number of amides is 3. The van der Waals surface area contributed by atoms with Crippen molar-refractivity contribution in [3.05, 3.63) is 33.6 Å². The minimum atomic E-state index is -0.779. The van der Waals surface area contributed by atoms with Crippen molar-refractivity contribution < 1.29 is 18.7 Å². The molecule has 23 heavy (non-hydrogen) atoms. The number of nitrogens with one attached hydrogen (secondary N) is 1. The summed E-state index contributed by atoms with van der Waals surface area (Å²) in [5.74, 6) is -0.912. The van der Waals surface area contributed by atoms with Crippen molar-refractivity contribution in [3.8, 4) is 0 Å². The van der Waals surface area contributed by atoms with Crippen molar-refractivity contribution in [2.24, 2.45) is 5.73 Å². The summed E-state index contributed by atoms with van der Waals surface area (Å²) in [4.78, 5) is 24.6. The summed E-state index contributed by atoms with van der Waals surface area (Å²) in [6, 6.07) is 0.964. The van der Waals surface area contributed by atoms with Crippen LogP contribution in [0.1, 0.15) is 18.6 Å². The number of rotatable bonds is 3. The van der Waals surface area contributed by atoms with Gasteiger partial charge in [0, 0.05) is 17.1 Å². The fourth-order valence-electron chi connectivity index (χ4n) is 2.37. The number of nitrogens with two attached hydrogens (primary N) is 1. The highest BCUT2D eigenvalue weighted by Gasteiger charge is 2.30. The lowest BCUT2D eigenvalue weighted by Gasteiger charge is -2.35. The van der Waals surface area contributed by atoms with Gasteiger partial charge in [-0.1, -0.05) is 23.2 Å². The molecule has 2 atom stereocenters. The number of halogens is 3. The van der Waals surface area contributed by atoms with Gasteiger partial charge in [0.1, 0.15) is 18.0 Å². The summed E-state index contributed by atoms with van der Waals surface area (Å²) in [7, 11) is 0. The van der Waals surface area contributed by atoms with Crippen LogP contribution in [0.25, 0.3) is 0 Å². The molecule has 9 heteroatoms. The Hall–Kier alpha value is -1.57. The summed E-state index contributed by atoms with van der Waals surface area (Å²) in [6.45, 7) is 2.34. The van der Waals surface area contributed by atoms with Gasteiger partial charge in [0.25, 0.3) is 0 Å². The van der Waals surface area contributed by atoms with Gasteiger partial charge in [-0.3, -0.25) is 4.79 Å². The second-order valence-electron chi connectivity index (χ2n) is 5.16. The minimum absolute atomic E-state index is 0.0817. The van der Waals surface area contributed by atoms with E-state index in [1.807, 2.05) is 0 Å². The lowest BCUT2D eigenvalue weighted by molar-refractivity contribution is -0.140. The number of carbonyl (C=O) groups excluding carboxylic acids is 2. The molecule has 1 heterocycles. The Morgan fingerprint density at radius 3 is 2.78 bits per heavy atom. The van der Waals surface area contributed by atoms with Gasteiger partial charge in [0.05, 0.1) is 18.2 Å². The summed E-state index contributed by atoms with van der Waals surface area (Å²) < 4.78 is 19.2. The van der Waals surface area contributed by atoms with Crippen LogP contribution in [0, 0.1) is 5.82 Å². The lowest BCUT2D eigenvalue weighted by Crippen LogP contribution is -2.52. The number of hydrogen-bond acceptors (Lipinski definition) is 3. The van der Waals surface area contributed by atoms with E-state index in [2.05, 4.69) is 5.32 Å². The van der Waals surface area contributed by atoms with Crippen LogP contribution in [-0.2, 0) is 9.53 Å². The van der Waals surface area contributed by atoms with E-state index in [0.717, 1.165) is 0 Å². The molecule has 3 N–H and O–H groups in total. The average molecular weight is 364 g/mol. The summed E-state index contributed by atoms with van der Waals surface area (Å²) >= 11 is 11.8. The van der Waals surface area contributed by atoms with Gasteiger partial charge in [-0.2, -0.15) is 0 Å². The quantitative estimate of drug-likeness (QED) is 0.806. The standard InChI is InChI=1S/C14H16Cl2FN3O3/c1-7(19-14(18)22)13(21)20-2-3-23-12(6-20)8-4-11(17)10(16)5-9(8)15/h4-5,7,12H,2-3,6H2,1H3,(H3,18,19,22)/t7-,12-/m0/s1. The maximum Gasteiger partial charge on any atom is 0.312 e. The average Bonchev–Trinajstić information content (AvgIpc) is 2.49. The summed E-state index contributed by atoms with van der Waals surface area (Å²) in [6.07, 6.45) is -0.576. The molecule has 1 aromatic rings. The number of morpholine rings is 1. The van der Waals surface area contributed by atoms with E-state index in [1.165, 1.54) is 24.0 Å². The Balaban J connectivity index is 2.13. The molecule has 6 nitrogen and oxygen atoms in total. The highest BCUT2D eigenvalue weighted by Crippen LogP contribution is 2.32. The van der Waals surface area contributed by atoms with Gasteiger partial charge in [-0.05, 0) is 19.1 Å². The van der Waals surface area contributed by atoms with E-state index in [0.29, 0.717) is 12.1 Å². The molecule has 0 spiro atoms. The van der Waals surface area contributed by atoms with Gasteiger partial charge in [0.2, 0.25) is 5.91 Å². The molecule has 1 fully saturated rings. The number of ether oxygens (including phenoxy) is 1. The molecule has 2 rings (SSSR count). The first-order chi connectivity index (χ1) is 10.8. The number of urea groups is 1. The molecule has 0 bridgehead atoms. The molecule has 0 unspecified atom stereocenters. The zero-order valence-electron chi connectivity index (χ0n) is 12.3. The van der Waals surface area contributed by atoms with E-state index in [1.54, 1.807) is 0 Å². The van der Waals surface area contributed by atoms with Crippen LogP contribution < -0.4 is 11.1 Å². The highest BCUT2D eigenvalue weighted by atomic mass is 35.5. The molecule has 0 aliphatic carbocycles. The Morgan fingerprint density at radius 1 is 1.43 bits per heavy atom. The van der Waals surface area contributed by atoms with Crippen LogP contribution in [0.2, 0.25) is 10.0 Å². The van der Waals surface area contributed by atoms with E-state index in [4.69, 9.17) is 33.7 Å². The molecule has 3 amide bonds. The largest absolute Gasteiger partial charge is 0.370 e. The summed E-state index contributed by atoms with van der Waals surface area (Å²) in [5, 5.41) is 2.51. The number of benzene rings is 1. The Labute approximate surface area is 142 Å². The smallest absolute Gasteiger partial charge is 0.312 e. The zero-order chi connectivity index (χ0) is 17.1. The summed E-state index contributed by atoms with van der Waals surface area (Å²) in [5.41, 5.74) is 5.43. The van der Waals surface area contributed by atoms with E-state index < -0.39 is 24.0 Å². The molecule has 0 radical (unpaired) electrons. The van der Waals surface area contributed by atoms with Gasteiger partial charge >= 0.3 is 6.03 Å². The zero-order valence-corrected chi connectivity index (χ0v) is 13.8. The van der Waals surface area contributed by atoms with Crippen molar-refractivity contribution in [3.63, 3.8) is 0 Å². The van der Waals surface area contributed by atoms with Crippen LogP contribution in [0.4, 0.5) is 9.18 Å². The van der Waals surface area contributed by atoms with Crippen molar-refractivity contribution >= 4 is 35.1 Å². The third kappa shape index (κ3) is 4.25. The second-order valence-corrected chi connectivity index (χ2v) is 5.98. The Morgan fingerprint density at radius 2 is 2.13 bits per heavy atom.